The molecule has 3 unspecified atom stereocenters. The molecule has 1 aromatic carbocycles. The molecular weight excluding hydrogens is 442 g/mol. The number of nitrogens with zero attached hydrogens (tertiary/aromatic N) is 2. The predicted molar refractivity (Wildman–Crippen MR) is 125 cm³/mol. The normalized spacial score (nSPS) is 16.9. The molecular formula is C22H33N7O5. The van der Waals surface area contributed by atoms with Crippen LogP contribution in [0.5, 0.6) is 0 Å². The lowest BCUT2D eigenvalue weighted by Gasteiger charge is -2.26. The fourth-order valence-corrected chi connectivity index (χ4v) is 3.70. The Balaban J connectivity index is 1.86. The second kappa shape index (κ2) is 13.1. The number of carbonyl (C=O) groups is 4. The van der Waals surface area contributed by atoms with Gasteiger partial charge < -0.3 is 37.8 Å². The molecule has 0 saturated carbocycles. The monoisotopic (exact) mass is 475 g/mol. The van der Waals surface area contributed by atoms with Gasteiger partial charge in [-0.15, -0.1) is 0 Å². The minimum absolute atomic E-state index is 0.0393. The van der Waals surface area contributed by atoms with Gasteiger partial charge in [0.15, 0.2) is 5.96 Å². The van der Waals surface area contributed by atoms with Gasteiger partial charge in [-0.3, -0.25) is 19.4 Å². The van der Waals surface area contributed by atoms with Crippen LogP contribution in [0.4, 0.5) is 0 Å². The van der Waals surface area contributed by atoms with Gasteiger partial charge in [0.25, 0.3) is 0 Å². The third-order valence-corrected chi connectivity index (χ3v) is 5.49. The second-order valence-corrected chi connectivity index (χ2v) is 8.11. The first-order valence-electron chi connectivity index (χ1n) is 11.1. The number of aliphatic imine (C=N–C) groups is 1. The fourth-order valence-electron chi connectivity index (χ4n) is 3.70. The summed E-state index contributed by atoms with van der Waals surface area (Å²) >= 11 is 0. The lowest BCUT2D eigenvalue weighted by molar-refractivity contribution is -0.144. The molecule has 0 aliphatic carbocycles. The first-order chi connectivity index (χ1) is 16.2. The smallest absolute Gasteiger partial charge is 0.326 e. The van der Waals surface area contributed by atoms with E-state index in [0.717, 1.165) is 5.56 Å². The van der Waals surface area contributed by atoms with E-state index in [1.807, 2.05) is 6.07 Å². The van der Waals surface area contributed by atoms with E-state index in [1.165, 1.54) is 4.90 Å². The summed E-state index contributed by atoms with van der Waals surface area (Å²) in [6.45, 7) is 0.374. The van der Waals surface area contributed by atoms with Crippen molar-refractivity contribution in [2.75, 3.05) is 19.6 Å². The number of benzene rings is 1. The van der Waals surface area contributed by atoms with Crippen LogP contribution < -0.4 is 27.8 Å². The first-order valence-corrected chi connectivity index (χ1v) is 11.1. The lowest BCUT2D eigenvalue weighted by atomic mass is 10.1. The van der Waals surface area contributed by atoms with Crippen molar-refractivity contribution in [3.05, 3.63) is 35.9 Å². The highest BCUT2D eigenvalue weighted by Gasteiger charge is 2.36. The summed E-state index contributed by atoms with van der Waals surface area (Å²) in [5.41, 5.74) is 17.1. The summed E-state index contributed by atoms with van der Waals surface area (Å²) < 4.78 is 0. The number of nitrogens with one attached hydrogen (secondary N) is 2. The number of carboxylic acid groups (broad SMARTS) is 1. The predicted octanol–water partition coefficient (Wildman–Crippen LogP) is -1.71. The number of likely N-dealkylation sites (tertiary alicyclic amines) is 1. The molecule has 0 aromatic heterocycles. The topological polar surface area (TPSA) is 206 Å². The fraction of sp³-hybridized carbons (Fsp3) is 0.500. The number of nitrogens with two attached hydrogens (primary N) is 3. The molecule has 9 N–H and O–H groups in total. The molecule has 1 fully saturated rings. The molecule has 2 rings (SSSR count). The summed E-state index contributed by atoms with van der Waals surface area (Å²) in [6.07, 6.45) is 1.97. The van der Waals surface area contributed by atoms with Crippen LogP contribution in [-0.2, 0) is 25.6 Å². The maximum atomic E-state index is 12.8. The van der Waals surface area contributed by atoms with Crippen LogP contribution >= 0.6 is 0 Å². The van der Waals surface area contributed by atoms with E-state index in [4.69, 9.17) is 17.2 Å². The molecule has 34 heavy (non-hydrogen) atoms. The Morgan fingerprint density at radius 3 is 2.53 bits per heavy atom. The molecule has 12 nitrogen and oxygen atoms in total. The Labute approximate surface area is 197 Å². The highest BCUT2D eigenvalue weighted by Crippen LogP contribution is 2.18. The molecule has 0 spiro atoms. The Kier molecular flexibility index (Phi) is 10.3. The van der Waals surface area contributed by atoms with Gasteiger partial charge in [-0.1, -0.05) is 30.3 Å². The molecule has 1 aliphatic heterocycles. The largest absolute Gasteiger partial charge is 0.480 e. The van der Waals surface area contributed by atoms with Crippen LogP contribution in [0.15, 0.2) is 35.3 Å². The molecule has 186 valence electrons. The summed E-state index contributed by atoms with van der Waals surface area (Å²) in [6, 6.07) is 6.21. The maximum absolute atomic E-state index is 12.8. The van der Waals surface area contributed by atoms with E-state index in [0.29, 0.717) is 38.8 Å². The molecule has 12 heteroatoms. The minimum Gasteiger partial charge on any atom is -0.480 e. The van der Waals surface area contributed by atoms with Crippen molar-refractivity contribution < 1.29 is 24.3 Å². The number of hydrogen-bond acceptors (Lipinski definition) is 6. The van der Waals surface area contributed by atoms with E-state index in [9.17, 15) is 24.3 Å². The summed E-state index contributed by atoms with van der Waals surface area (Å²) in [5.74, 6) is -2.66. The van der Waals surface area contributed by atoms with Crippen molar-refractivity contribution in [2.45, 2.75) is 50.2 Å². The third-order valence-electron chi connectivity index (χ3n) is 5.49. The Bertz CT molecular complexity index is 889. The average Bonchev–Trinajstić information content (AvgIpc) is 3.30. The lowest BCUT2D eigenvalue weighted by Crippen LogP contribution is -2.53. The van der Waals surface area contributed by atoms with Crippen molar-refractivity contribution in [1.82, 2.24) is 15.5 Å². The van der Waals surface area contributed by atoms with Crippen LogP contribution in [-0.4, -0.2) is 77.4 Å². The molecule has 1 aliphatic rings. The first kappa shape index (κ1) is 26.6. The summed E-state index contributed by atoms with van der Waals surface area (Å²) in [7, 11) is 0. The average molecular weight is 476 g/mol. The highest BCUT2D eigenvalue weighted by atomic mass is 16.4. The maximum Gasteiger partial charge on any atom is 0.326 e. The van der Waals surface area contributed by atoms with Crippen LogP contribution in [0.25, 0.3) is 0 Å². The number of carbonyl (C=O) groups excluding carboxylic acids is 3. The molecule has 3 atom stereocenters. The van der Waals surface area contributed by atoms with Gasteiger partial charge >= 0.3 is 5.97 Å². The van der Waals surface area contributed by atoms with Gasteiger partial charge in [0, 0.05) is 19.5 Å². The number of aliphatic carboxylic acids is 1. The number of hydrogen-bond donors (Lipinski definition) is 6. The van der Waals surface area contributed by atoms with Gasteiger partial charge in [0.05, 0.1) is 12.6 Å². The molecule has 0 radical (unpaired) electrons. The number of carboxylic acids is 1. The molecule has 3 amide bonds. The summed E-state index contributed by atoms with van der Waals surface area (Å²) in [5, 5.41) is 14.6. The zero-order valence-corrected chi connectivity index (χ0v) is 19.0. The third kappa shape index (κ3) is 8.35. The van der Waals surface area contributed by atoms with Gasteiger partial charge in [0.1, 0.15) is 12.1 Å². The number of guanidine groups is 1. The van der Waals surface area contributed by atoms with Crippen molar-refractivity contribution >= 4 is 29.7 Å². The molecule has 1 heterocycles. The molecule has 1 saturated heterocycles. The summed E-state index contributed by atoms with van der Waals surface area (Å²) in [4.78, 5) is 54.5. The number of rotatable bonds is 12. The Morgan fingerprint density at radius 2 is 1.88 bits per heavy atom. The van der Waals surface area contributed by atoms with Crippen molar-refractivity contribution in [1.29, 1.82) is 0 Å². The van der Waals surface area contributed by atoms with Gasteiger partial charge in [0.2, 0.25) is 17.7 Å². The number of amides is 3. The minimum atomic E-state index is -1.16. The van der Waals surface area contributed by atoms with Crippen LogP contribution in [0, 0.1) is 0 Å². The van der Waals surface area contributed by atoms with Gasteiger partial charge in [-0.2, -0.15) is 0 Å². The second-order valence-electron chi connectivity index (χ2n) is 8.11. The van der Waals surface area contributed by atoms with E-state index in [-0.39, 0.29) is 18.9 Å². The van der Waals surface area contributed by atoms with Crippen molar-refractivity contribution in [2.24, 2.45) is 22.2 Å². The van der Waals surface area contributed by atoms with Crippen LogP contribution in [0.3, 0.4) is 0 Å². The van der Waals surface area contributed by atoms with E-state index in [2.05, 4.69) is 15.6 Å². The van der Waals surface area contributed by atoms with Gasteiger partial charge in [-0.05, 0) is 31.2 Å². The molecule has 0 bridgehead atoms. The van der Waals surface area contributed by atoms with E-state index in [1.54, 1.807) is 24.3 Å². The van der Waals surface area contributed by atoms with Crippen LogP contribution in [0.1, 0.15) is 31.2 Å². The highest BCUT2D eigenvalue weighted by molar-refractivity contribution is 5.93. The van der Waals surface area contributed by atoms with Crippen molar-refractivity contribution in [3.8, 4) is 0 Å². The quantitative estimate of drug-likeness (QED) is 0.116. The van der Waals surface area contributed by atoms with Crippen LogP contribution in [0.2, 0.25) is 0 Å². The molecule has 1 aromatic rings. The Hall–Kier alpha value is -3.67. The zero-order chi connectivity index (χ0) is 25.1. The zero-order valence-electron chi connectivity index (χ0n) is 19.0. The van der Waals surface area contributed by atoms with E-state index < -0.39 is 41.8 Å². The standard InChI is InChI=1S/C22H33N7O5/c23-15(8-4-10-26-22(24)25)19(31)27-13-18(30)29-11-5-9-17(29)20(32)28-16(21(33)34)12-14-6-2-1-3-7-14/h1-3,6-7,15-17H,4-5,8-13,23H2,(H,27,31)(H,28,32)(H,33,34)(H4,24,25,26). The van der Waals surface area contributed by atoms with Gasteiger partial charge in [-0.25, -0.2) is 4.79 Å². The Morgan fingerprint density at radius 1 is 1.18 bits per heavy atom. The van der Waals surface area contributed by atoms with E-state index >= 15 is 0 Å². The van der Waals surface area contributed by atoms with Crippen molar-refractivity contribution in [3.63, 3.8) is 0 Å². The SMILES string of the molecule is NC(N)=NCCCC(N)C(=O)NCC(=O)N1CCCC1C(=O)NC(Cc1ccccc1)C(=O)O.